The third-order valence-corrected chi connectivity index (χ3v) is 13.3. The number of amidine groups is 1. The van der Waals surface area contributed by atoms with E-state index in [1.54, 1.807) is 0 Å². The van der Waals surface area contributed by atoms with Crippen LogP contribution in [0.3, 0.4) is 0 Å². The van der Waals surface area contributed by atoms with Crippen molar-refractivity contribution in [3.63, 3.8) is 0 Å². The number of hydrogen-bond donors (Lipinski definition) is 1. The number of benzene rings is 11. The predicted molar refractivity (Wildman–Crippen MR) is 285 cm³/mol. The van der Waals surface area contributed by atoms with Gasteiger partial charge in [-0.3, -0.25) is 0 Å². The summed E-state index contributed by atoms with van der Waals surface area (Å²) in [5.41, 5.74) is 21.5. The molecule has 0 bridgehead atoms. The molecule has 0 spiro atoms. The first-order valence-electron chi connectivity index (χ1n) is 23.0. The van der Waals surface area contributed by atoms with Gasteiger partial charge in [-0.1, -0.05) is 224 Å². The van der Waals surface area contributed by atoms with Crippen LogP contribution in [0.2, 0.25) is 0 Å². The number of hydrogen-bond acceptors (Lipinski definition) is 1. The van der Waals surface area contributed by atoms with Crippen molar-refractivity contribution in [2.24, 2.45) is 10.7 Å². The summed E-state index contributed by atoms with van der Waals surface area (Å²) in [6.07, 6.45) is 2.89. The van der Waals surface area contributed by atoms with E-state index in [1.165, 1.54) is 87.5 Å². The maximum absolute atomic E-state index is 6.84. The Morgan fingerprint density at radius 2 is 0.985 bits per heavy atom. The van der Waals surface area contributed by atoms with Crippen LogP contribution in [0.5, 0.6) is 0 Å². The molecule has 0 amide bonds. The zero-order valence-electron chi connectivity index (χ0n) is 36.9. The Hall–Kier alpha value is -8.79. The van der Waals surface area contributed by atoms with Crippen molar-refractivity contribution in [3.05, 3.63) is 265 Å². The molecule has 0 radical (unpaired) electrons. The van der Waals surface area contributed by atoms with Gasteiger partial charge in [-0.2, -0.15) is 0 Å². The molecule has 0 atom stereocenters. The number of aromatic nitrogens is 1. The van der Waals surface area contributed by atoms with Crippen LogP contribution in [-0.2, 0) is 6.42 Å². The molecule has 3 heteroatoms. The van der Waals surface area contributed by atoms with Gasteiger partial charge in [0.2, 0.25) is 0 Å². The quantitative estimate of drug-likeness (QED) is 0.0668. The fourth-order valence-electron chi connectivity index (χ4n) is 10.2. The Kier molecular flexibility index (Phi) is 10.1. The van der Waals surface area contributed by atoms with E-state index in [2.05, 4.69) is 223 Å². The van der Waals surface area contributed by atoms with Crippen LogP contribution in [-0.4, -0.2) is 10.4 Å². The van der Waals surface area contributed by atoms with Crippen LogP contribution in [0.4, 0.5) is 0 Å². The summed E-state index contributed by atoms with van der Waals surface area (Å²) in [4.78, 5) is 5.19. The summed E-state index contributed by atoms with van der Waals surface area (Å²) in [5, 5.41) is 9.88. The summed E-state index contributed by atoms with van der Waals surface area (Å²) >= 11 is 0. The largest absolute Gasteiger partial charge is 0.383 e. The fraction of sp³-hybridized carbons (Fsp3) is 0.0156. The Morgan fingerprint density at radius 1 is 0.418 bits per heavy atom. The van der Waals surface area contributed by atoms with Crippen molar-refractivity contribution in [2.75, 3.05) is 0 Å². The minimum absolute atomic E-state index is 0.475. The molecule has 0 aliphatic carbocycles. The first-order chi connectivity index (χ1) is 33.2. The highest BCUT2D eigenvalue weighted by molar-refractivity contribution is 6.28. The smallest absolute Gasteiger partial charge is 0.131 e. The lowest BCUT2D eigenvalue weighted by molar-refractivity contribution is 1.18. The van der Waals surface area contributed by atoms with Gasteiger partial charge in [0.15, 0.2) is 0 Å². The molecule has 2 N–H and O–H groups in total. The second-order valence-electron chi connectivity index (χ2n) is 17.2. The third-order valence-electron chi connectivity index (χ3n) is 13.3. The average Bonchev–Trinajstić information content (AvgIpc) is 3.73. The standard InChI is InChI=1S/C64H45N3/c65-64(48-22-6-2-7-23-48)66-58(41-38-43-18-10-12-26-51(43)49-37-39-54-53-28-16-17-31-59(53)67(60(54)42-49)50-24-8-3-9-25-50)45-32-34-47(35-33-45)62-56-30-15-14-29-55(56)61(46-20-4-1-5-21-46)57-40-36-44-19-11-13-27-52(44)63(57)62/h1-37,39-42H,38H2,(H2,65,66)/b58-41-. The molecule has 0 unspecified atom stereocenters. The molecule has 0 aliphatic rings. The van der Waals surface area contributed by atoms with Gasteiger partial charge in [-0.25, -0.2) is 4.99 Å². The van der Waals surface area contributed by atoms with Crippen molar-refractivity contribution in [1.82, 2.24) is 4.57 Å². The predicted octanol–water partition coefficient (Wildman–Crippen LogP) is 16.2. The van der Waals surface area contributed by atoms with E-state index in [4.69, 9.17) is 10.7 Å². The summed E-state index contributed by atoms with van der Waals surface area (Å²) in [6, 6.07) is 86.9. The van der Waals surface area contributed by atoms with E-state index in [9.17, 15) is 0 Å². The molecule has 0 saturated heterocycles. The zero-order valence-corrected chi connectivity index (χ0v) is 36.9. The van der Waals surface area contributed by atoms with E-state index < -0.39 is 0 Å². The molecule has 0 fully saturated rings. The average molecular weight is 856 g/mol. The molecule has 11 aromatic carbocycles. The van der Waals surface area contributed by atoms with Crippen LogP contribution in [0.15, 0.2) is 254 Å². The molecule has 0 saturated carbocycles. The SMILES string of the molecule is NC(=N/C(=C\Cc1ccccc1-c1ccc2c3ccccc3n(-c3ccccc3)c2c1)c1ccc(-c2c3ccccc3c(-c3ccccc3)c3ccc4ccccc4c23)cc1)c1ccccc1. The molecular weight excluding hydrogens is 811 g/mol. The molecule has 12 rings (SSSR count). The lowest BCUT2D eigenvalue weighted by Crippen LogP contribution is -2.13. The zero-order chi connectivity index (χ0) is 44.7. The highest BCUT2D eigenvalue weighted by Gasteiger charge is 2.20. The number of aliphatic imine (C=N–C) groups is 1. The lowest BCUT2D eigenvalue weighted by atomic mass is 9.84. The number of nitrogens with zero attached hydrogens (tertiary/aromatic N) is 2. The maximum atomic E-state index is 6.84. The van der Waals surface area contributed by atoms with E-state index in [0.29, 0.717) is 12.3 Å². The van der Waals surface area contributed by atoms with Gasteiger partial charge in [0.1, 0.15) is 5.84 Å². The second kappa shape index (κ2) is 17.0. The monoisotopic (exact) mass is 855 g/mol. The molecule has 12 aromatic rings. The first-order valence-corrected chi connectivity index (χ1v) is 23.0. The van der Waals surface area contributed by atoms with Crippen LogP contribution in [0, 0.1) is 0 Å². The lowest BCUT2D eigenvalue weighted by Gasteiger charge is -2.19. The molecule has 1 aromatic heterocycles. The molecule has 316 valence electrons. The minimum Gasteiger partial charge on any atom is -0.383 e. The van der Waals surface area contributed by atoms with Crippen molar-refractivity contribution >= 4 is 65.7 Å². The molecule has 67 heavy (non-hydrogen) atoms. The van der Waals surface area contributed by atoms with Crippen molar-refractivity contribution in [2.45, 2.75) is 6.42 Å². The van der Waals surface area contributed by atoms with Gasteiger partial charge in [-0.15, -0.1) is 0 Å². The number of para-hydroxylation sites is 2. The Balaban J connectivity index is 0.988. The van der Waals surface area contributed by atoms with Crippen LogP contribution >= 0.6 is 0 Å². The van der Waals surface area contributed by atoms with Gasteiger partial charge in [0.05, 0.1) is 16.7 Å². The third kappa shape index (κ3) is 7.15. The van der Waals surface area contributed by atoms with Crippen molar-refractivity contribution < 1.29 is 0 Å². The Bertz CT molecular complexity index is 3860. The normalized spacial score (nSPS) is 12.2. The molecule has 3 nitrogen and oxygen atoms in total. The highest BCUT2D eigenvalue weighted by atomic mass is 15.0. The van der Waals surface area contributed by atoms with Crippen LogP contribution in [0.25, 0.3) is 98.9 Å². The van der Waals surface area contributed by atoms with E-state index in [1.807, 2.05) is 30.3 Å². The Labute approximate surface area is 390 Å². The summed E-state index contributed by atoms with van der Waals surface area (Å²) < 4.78 is 2.38. The van der Waals surface area contributed by atoms with Crippen LogP contribution < -0.4 is 5.73 Å². The van der Waals surface area contributed by atoms with Crippen molar-refractivity contribution in [3.8, 4) is 39.1 Å². The maximum Gasteiger partial charge on any atom is 0.131 e. The number of allylic oxidation sites excluding steroid dienone is 1. The van der Waals surface area contributed by atoms with E-state index in [-0.39, 0.29) is 0 Å². The van der Waals surface area contributed by atoms with Crippen molar-refractivity contribution in [1.29, 1.82) is 0 Å². The van der Waals surface area contributed by atoms with E-state index >= 15 is 0 Å². The molecule has 0 aliphatic heterocycles. The minimum atomic E-state index is 0.475. The Morgan fingerprint density at radius 3 is 1.76 bits per heavy atom. The van der Waals surface area contributed by atoms with Gasteiger partial charge < -0.3 is 10.3 Å². The summed E-state index contributed by atoms with van der Waals surface area (Å²) in [6.45, 7) is 0. The molecular formula is C64H45N3. The summed E-state index contributed by atoms with van der Waals surface area (Å²) in [5.74, 6) is 0.475. The topological polar surface area (TPSA) is 43.3 Å². The number of nitrogens with two attached hydrogens (primary N) is 1. The first kappa shape index (κ1) is 39.8. The van der Waals surface area contributed by atoms with Gasteiger partial charge >= 0.3 is 0 Å². The van der Waals surface area contributed by atoms with Gasteiger partial charge in [-0.05, 0) is 108 Å². The highest BCUT2D eigenvalue weighted by Crippen LogP contribution is 2.46. The molecule has 1 heterocycles. The fourth-order valence-corrected chi connectivity index (χ4v) is 10.2. The van der Waals surface area contributed by atoms with Gasteiger partial charge in [0.25, 0.3) is 0 Å². The number of rotatable bonds is 9. The van der Waals surface area contributed by atoms with E-state index in [0.717, 1.165) is 28.1 Å². The number of fused-ring (bicyclic) bond motifs is 7. The van der Waals surface area contributed by atoms with Crippen LogP contribution in [0.1, 0.15) is 16.7 Å². The second-order valence-corrected chi connectivity index (χ2v) is 17.2. The summed E-state index contributed by atoms with van der Waals surface area (Å²) in [7, 11) is 0. The van der Waals surface area contributed by atoms with Gasteiger partial charge in [0, 0.05) is 22.0 Å².